The molecule has 2 N–H and O–H groups in total. The minimum Gasteiger partial charge on any atom is -0.444 e. The first kappa shape index (κ1) is 14.4. The van der Waals surface area contributed by atoms with Gasteiger partial charge in [-0.15, -0.1) is 0 Å². The second-order valence-corrected chi connectivity index (χ2v) is 7.37. The SMILES string of the molecule is CC(C)(C)OC(=O)N1C2CCC1C(C1C=CC(N)=NC1)C2. The highest BCUT2D eigenvalue weighted by atomic mass is 16.6. The van der Waals surface area contributed by atoms with Crippen molar-refractivity contribution in [1.29, 1.82) is 0 Å². The zero-order valence-electron chi connectivity index (χ0n) is 13.1. The molecule has 0 aromatic carbocycles. The molecule has 0 aromatic heterocycles. The summed E-state index contributed by atoms with van der Waals surface area (Å²) < 4.78 is 5.58. The Kier molecular flexibility index (Phi) is 3.46. The number of carbonyl (C=O) groups excluding carboxylic acids is 1. The van der Waals surface area contributed by atoms with E-state index in [2.05, 4.69) is 11.1 Å². The largest absolute Gasteiger partial charge is 0.444 e. The Balaban J connectivity index is 1.70. The Morgan fingerprint density at radius 1 is 1.43 bits per heavy atom. The average molecular weight is 291 g/mol. The van der Waals surface area contributed by atoms with E-state index in [1.54, 1.807) is 0 Å². The molecule has 3 rings (SSSR count). The summed E-state index contributed by atoms with van der Waals surface area (Å²) in [5.41, 5.74) is 5.26. The van der Waals surface area contributed by atoms with Crippen molar-refractivity contribution in [2.45, 2.75) is 57.7 Å². The molecule has 3 aliphatic rings. The van der Waals surface area contributed by atoms with Gasteiger partial charge in [0.05, 0.1) is 0 Å². The number of nitrogens with zero attached hydrogens (tertiary/aromatic N) is 2. The van der Waals surface area contributed by atoms with Gasteiger partial charge in [-0.3, -0.25) is 4.99 Å². The zero-order chi connectivity index (χ0) is 15.2. The smallest absolute Gasteiger partial charge is 0.410 e. The number of amidine groups is 1. The summed E-state index contributed by atoms with van der Waals surface area (Å²) in [5, 5.41) is 0. The van der Waals surface area contributed by atoms with Crippen LogP contribution in [0.4, 0.5) is 4.79 Å². The molecule has 4 unspecified atom stereocenters. The molecule has 2 saturated heterocycles. The Morgan fingerprint density at radius 2 is 2.19 bits per heavy atom. The number of dihydropyridines is 1. The van der Waals surface area contributed by atoms with E-state index in [1.807, 2.05) is 31.7 Å². The Hall–Kier alpha value is -1.52. The van der Waals surface area contributed by atoms with Gasteiger partial charge in [0, 0.05) is 24.5 Å². The number of nitrogens with two attached hydrogens (primary N) is 1. The topological polar surface area (TPSA) is 67.9 Å². The van der Waals surface area contributed by atoms with Crippen molar-refractivity contribution in [2.75, 3.05) is 6.54 Å². The Labute approximate surface area is 126 Å². The number of carbonyl (C=O) groups is 1. The minimum atomic E-state index is -0.432. The van der Waals surface area contributed by atoms with E-state index in [0.717, 1.165) is 25.8 Å². The third kappa shape index (κ3) is 2.78. The molecule has 4 atom stereocenters. The summed E-state index contributed by atoms with van der Waals surface area (Å²) in [6.45, 7) is 6.50. The molecular formula is C16H25N3O2. The highest BCUT2D eigenvalue weighted by Crippen LogP contribution is 2.46. The first-order valence-electron chi connectivity index (χ1n) is 7.84. The minimum absolute atomic E-state index is 0.152. The third-order valence-corrected chi connectivity index (χ3v) is 4.74. The molecule has 0 saturated carbocycles. The van der Waals surface area contributed by atoms with Crippen LogP contribution in [-0.2, 0) is 4.74 Å². The van der Waals surface area contributed by atoms with Crippen LogP contribution in [0.15, 0.2) is 17.1 Å². The predicted octanol–water partition coefficient (Wildman–Crippen LogP) is 2.32. The summed E-state index contributed by atoms with van der Waals surface area (Å²) >= 11 is 0. The highest BCUT2D eigenvalue weighted by molar-refractivity contribution is 5.92. The molecule has 2 bridgehead atoms. The van der Waals surface area contributed by atoms with Crippen molar-refractivity contribution in [2.24, 2.45) is 22.6 Å². The van der Waals surface area contributed by atoms with E-state index in [-0.39, 0.29) is 6.09 Å². The molecule has 0 spiro atoms. The van der Waals surface area contributed by atoms with E-state index >= 15 is 0 Å². The van der Waals surface area contributed by atoms with Gasteiger partial charge >= 0.3 is 6.09 Å². The Bertz CT molecular complexity index is 492. The first-order chi connectivity index (χ1) is 9.85. The fourth-order valence-electron chi connectivity index (χ4n) is 3.92. The third-order valence-electron chi connectivity index (χ3n) is 4.74. The van der Waals surface area contributed by atoms with Crippen LogP contribution in [-0.4, -0.2) is 41.1 Å². The maximum absolute atomic E-state index is 12.4. The van der Waals surface area contributed by atoms with Crippen molar-refractivity contribution >= 4 is 11.9 Å². The molecule has 5 nitrogen and oxygen atoms in total. The molecule has 0 aromatic rings. The molecule has 1 amide bonds. The lowest BCUT2D eigenvalue weighted by Crippen LogP contribution is -2.41. The van der Waals surface area contributed by atoms with Crippen molar-refractivity contribution in [3.05, 3.63) is 12.2 Å². The summed E-state index contributed by atoms with van der Waals surface area (Å²) in [6, 6.07) is 0.639. The van der Waals surface area contributed by atoms with Gasteiger partial charge in [-0.25, -0.2) is 4.79 Å². The summed E-state index contributed by atoms with van der Waals surface area (Å²) in [6.07, 6.45) is 7.16. The summed E-state index contributed by atoms with van der Waals surface area (Å²) in [4.78, 5) is 18.8. The van der Waals surface area contributed by atoms with E-state index in [1.165, 1.54) is 0 Å². The lowest BCUT2D eigenvalue weighted by Gasteiger charge is -2.30. The second-order valence-electron chi connectivity index (χ2n) is 7.37. The summed E-state index contributed by atoms with van der Waals surface area (Å²) in [5.74, 6) is 1.50. The van der Waals surface area contributed by atoms with Gasteiger partial charge in [0.1, 0.15) is 11.4 Å². The van der Waals surface area contributed by atoms with Gasteiger partial charge in [-0.2, -0.15) is 0 Å². The maximum atomic E-state index is 12.4. The number of fused-ring (bicyclic) bond motifs is 2. The van der Waals surface area contributed by atoms with Crippen LogP contribution in [0, 0.1) is 11.8 Å². The van der Waals surface area contributed by atoms with Crippen molar-refractivity contribution in [1.82, 2.24) is 4.90 Å². The molecule has 3 aliphatic heterocycles. The number of hydrogen-bond acceptors (Lipinski definition) is 4. The van der Waals surface area contributed by atoms with Crippen LogP contribution in [0.2, 0.25) is 0 Å². The van der Waals surface area contributed by atoms with E-state index < -0.39 is 5.60 Å². The molecule has 3 heterocycles. The number of rotatable bonds is 1. The van der Waals surface area contributed by atoms with Gasteiger partial charge in [-0.05, 0) is 52.0 Å². The maximum Gasteiger partial charge on any atom is 0.410 e. The van der Waals surface area contributed by atoms with Crippen LogP contribution < -0.4 is 5.73 Å². The fourth-order valence-corrected chi connectivity index (χ4v) is 3.92. The highest BCUT2D eigenvalue weighted by Gasteiger charge is 2.51. The van der Waals surface area contributed by atoms with Crippen LogP contribution in [0.1, 0.15) is 40.0 Å². The van der Waals surface area contributed by atoms with Crippen LogP contribution in [0.3, 0.4) is 0 Å². The lowest BCUT2D eigenvalue weighted by atomic mass is 9.79. The van der Waals surface area contributed by atoms with E-state index in [9.17, 15) is 4.79 Å². The van der Waals surface area contributed by atoms with E-state index in [4.69, 9.17) is 10.5 Å². The number of hydrogen-bond donors (Lipinski definition) is 1. The molecule has 116 valence electrons. The number of amides is 1. The molecular weight excluding hydrogens is 266 g/mol. The van der Waals surface area contributed by atoms with Gasteiger partial charge in [0.2, 0.25) is 0 Å². The molecule has 21 heavy (non-hydrogen) atoms. The Morgan fingerprint density at radius 3 is 2.81 bits per heavy atom. The fraction of sp³-hybridized carbons (Fsp3) is 0.750. The first-order valence-corrected chi connectivity index (χ1v) is 7.84. The molecule has 2 fully saturated rings. The number of aliphatic imine (C=N–C) groups is 1. The van der Waals surface area contributed by atoms with Gasteiger partial charge < -0.3 is 15.4 Å². The van der Waals surface area contributed by atoms with Gasteiger partial charge in [-0.1, -0.05) is 6.08 Å². The van der Waals surface area contributed by atoms with Gasteiger partial charge in [0.15, 0.2) is 0 Å². The standard InChI is InChI=1S/C16H25N3O2/c1-16(2,3)21-15(20)19-11-5-6-13(19)12(8-11)10-4-7-14(17)18-9-10/h4,7,10-13H,5-6,8-9H2,1-3H3,(H2,17,18). The van der Waals surface area contributed by atoms with Gasteiger partial charge in [0.25, 0.3) is 0 Å². The molecule has 0 radical (unpaired) electrons. The normalized spacial score (nSPS) is 35.0. The van der Waals surface area contributed by atoms with E-state index in [0.29, 0.717) is 29.8 Å². The zero-order valence-corrected chi connectivity index (χ0v) is 13.1. The molecule has 0 aliphatic carbocycles. The van der Waals surface area contributed by atoms with Crippen molar-refractivity contribution < 1.29 is 9.53 Å². The van der Waals surface area contributed by atoms with Crippen LogP contribution in [0.5, 0.6) is 0 Å². The summed E-state index contributed by atoms with van der Waals surface area (Å²) in [7, 11) is 0. The quantitative estimate of drug-likeness (QED) is 0.806. The predicted molar refractivity (Wildman–Crippen MR) is 82.1 cm³/mol. The monoisotopic (exact) mass is 291 g/mol. The van der Waals surface area contributed by atoms with Crippen molar-refractivity contribution in [3.8, 4) is 0 Å². The number of ether oxygens (including phenoxy) is 1. The van der Waals surface area contributed by atoms with Crippen LogP contribution >= 0.6 is 0 Å². The second kappa shape index (κ2) is 5.04. The average Bonchev–Trinajstić information content (AvgIpc) is 2.95. The lowest BCUT2D eigenvalue weighted by molar-refractivity contribution is 0.0200. The molecule has 5 heteroatoms. The van der Waals surface area contributed by atoms with Crippen LogP contribution in [0.25, 0.3) is 0 Å². The van der Waals surface area contributed by atoms with Crippen molar-refractivity contribution in [3.63, 3.8) is 0 Å².